The van der Waals surface area contributed by atoms with Gasteiger partial charge in [0.25, 0.3) is 5.91 Å². The van der Waals surface area contributed by atoms with Crippen LogP contribution in [0.15, 0.2) is 63.5 Å². The van der Waals surface area contributed by atoms with Gasteiger partial charge in [0.1, 0.15) is 23.0 Å². The summed E-state index contributed by atoms with van der Waals surface area (Å²) in [5.41, 5.74) is 8.67. The van der Waals surface area contributed by atoms with Crippen LogP contribution in [0.1, 0.15) is 84.9 Å². The van der Waals surface area contributed by atoms with Gasteiger partial charge in [-0.15, -0.1) is 0 Å². The number of nitrogens with two attached hydrogens (primary N) is 1. The average molecular weight is 748 g/mol. The SMILES string of the molecule is CC(C)(C)[Si](C)(C)OC(CCN(c1cc2oc(Cc3ccc(F)cc3)c(C(N)=O)c2cc1C1CC1)S(C)(=O)=O)c1c(F)cccc1Br. The van der Waals surface area contributed by atoms with Crippen molar-refractivity contribution in [3.05, 3.63) is 98.7 Å². The summed E-state index contributed by atoms with van der Waals surface area (Å²) in [6.07, 6.45) is 2.52. The Balaban J connectivity index is 1.59. The summed E-state index contributed by atoms with van der Waals surface area (Å²) in [6, 6.07) is 14.1. The molecule has 1 aliphatic carbocycles. The molecule has 2 N–H and O–H groups in total. The molecule has 7 nitrogen and oxygen atoms in total. The molecule has 0 bridgehead atoms. The van der Waals surface area contributed by atoms with Gasteiger partial charge in [0.15, 0.2) is 8.32 Å². The van der Waals surface area contributed by atoms with Crippen LogP contribution < -0.4 is 10.0 Å². The summed E-state index contributed by atoms with van der Waals surface area (Å²) in [5, 5.41) is 0.329. The maximum absolute atomic E-state index is 15.4. The number of benzene rings is 3. The highest BCUT2D eigenvalue weighted by molar-refractivity contribution is 9.10. The van der Waals surface area contributed by atoms with Crippen LogP contribution in [0.4, 0.5) is 14.5 Å². The minimum Gasteiger partial charge on any atom is -0.460 e. The van der Waals surface area contributed by atoms with Gasteiger partial charge in [0, 0.05) is 34.5 Å². The van der Waals surface area contributed by atoms with Gasteiger partial charge in [-0.3, -0.25) is 9.10 Å². The third-order valence-corrected chi connectivity index (χ3v) is 15.6. The molecule has 12 heteroatoms. The van der Waals surface area contributed by atoms with Crippen molar-refractivity contribution in [1.29, 1.82) is 0 Å². The molecule has 1 unspecified atom stereocenters. The first kappa shape index (κ1) is 35.2. The first-order chi connectivity index (χ1) is 21.9. The Morgan fingerprint density at radius 3 is 2.34 bits per heavy atom. The Morgan fingerprint density at radius 1 is 1.13 bits per heavy atom. The standard InChI is InChI=1S/C35H41BrF2N2O5SSi/c1-35(2,3)47(5,6)45-29(33-26(36)8-7-9-27(33)38)16-17-40(46(4,42)43)28-20-30-25(19-24(28)22-12-13-22)32(34(39)41)31(44-30)18-21-10-14-23(37)15-11-21/h7-11,14-15,19-20,22,29H,12-13,16-18H2,1-6H3,(H2,39,41). The minimum atomic E-state index is -3.84. The summed E-state index contributed by atoms with van der Waals surface area (Å²) in [5.74, 6) is -1.08. The lowest BCUT2D eigenvalue weighted by molar-refractivity contribution is 0.1000. The van der Waals surface area contributed by atoms with Crippen LogP contribution in [0.25, 0.3) is 11.0 Å². The number of halogens is 3. The molecule has 0 spiro atoms. The number of carbonyl (C=O) groups excluding carboxylic acids is 1. The molecule has 1 atom stereocenters. The molecule has 1 aromatic heterocycles. The molecule has 4 aromatic rings. The molecular formula is C35H41BrF2N2O5SSi. The lowest BCUT2D eigenvalue weighted by Gasteiger charge is -2.40. The summed E-state index contributed by atoms with van der Waals surface area (Å²) >= 11 is 3.51. The van der Waals surface area contributed by atoms with Crippen molar-refractivity contribution in [1.82, 2.24) is 0 Å². The number of fused-ring (bicyclic) bond motifs is 1. The number of rotatable bonds is 12. The average Bonchev–Trinajstić information content (AvgIpc) is 3.73. The first-order valence-electron chi connectivity index (χ1n) is 15.6. The van der Waals surface area contributed by atoms with Crippen LogP contribution in [0, 0.1) is 11.6 Å². The second-order valence-electron chi connectivity index (χ2n) is 13.9. The molecule has 1 fully saturated rings. The van der Waals surface area contributed by atoms with Crippen LogP contribution in [0.3, 0.4) is 0 Å². The second-order valence-corrected chi connectivity index (χ2v) is 21.4. The Hall–Kier alpha value is -3.06. The Kier molecular flexibility index (Phi) is 9.82. The van der Waals surface area contributed by atoms with E-state index in [1.165, 1.54) is 22.5 Å². The van der Waals surface area contributed by atoms with Crippen molar-refractivity contribution in [2.24, 2.45) is 5.73 Å². The van der Waals surface area contributed by atoms with Gasteiger partial charge in [-0.2, -0.15) is 0 Å². The summed E-state index contributed by atoms with van der Waals surface area (Å²) < 4.78 is 70.8. The zero-order valence-electron chi connectivity index (χ0n) is 27.5. The van der Waals surface area contributed by atoms with Crippen molar-refractivity contribution in [2.75, 3.05) is 17.1 Å². The van der Waals surface area contributed by atoms with E-state index in [1.54, 1.807) is 30.3 Å². The zero-order valence-corrected chi connectivity index (χ0v) is 30.9. The van der Waals surface area contributed by atoms with E-state index in [-0.39, 0.29) is 41.7 Å². The fraction of sp³-hybridized carbons (Fsp3) is 0.400. The smallest absolute Gasteiger partial charge is 0.252 e. The molecule has 1 aliphatic rings. The van der Waals surface area contributed by atoms with Gasteiger partial charge < -0.3 is 14.6 Å². The minimum absolute atomic E-state index is 0.00987. The normalized spacial score (nSPS) is 14.8. The van der Waals surface area contributed by atoms with E-state index in [0.717, 1.165) is 30.2 Å². The fourth-order valence-corrected chi connectivity index (χ4v) is 8.48. The molecule has 3 aromatic carbocycles. The second kappa shape index (κ2) is 13.1. The molecule has 47 heavy (non-hydrogen) atoms. The summed E-state index contributed by atoms with van der Waals surface area (Å²) in [4.78, 5) is 12.7. The first-order valence-corrected chi connectivity index (χ1v) is 21.2. The molecule has 0 aliphatic heterocycles. The Bertz CT molecular complexity index is 1900. The number of amides is 1. The molecule has 1 heterocycles. The highest BCUT2D eigenvalue weighted by atomic mass is 79.9. The van der Waals surface area contributed by atoms with Gasteiger partial charge >= 0.3 is 0 Å². The van der Waals surface area contributed by atoms with Gasteiger partial charge in [-0.05, 0) is 84.8 Å². The number of carbonyl (C=O) groups is 1. The van der Waals surface area contributed by atoms with Crippen LogP contribution in [-0.2, 0) is 20.9 Å². The summed E-state index contributed by atoms with van der Waals surface area (Å²) in [7, 11) is -6.28. The maximum atomic E-state index is 15.4. The number of sulfonamides is 1. The zero-order chi connectivity index (χ0) is 34.5. The van der Waals surface area contributed by atoms with Crippen LogP contribution in [0.2, 0.25) is 18.1 Å². The van der Waals surface area contributed by atoms with Crippen molar-refractivity contribution < 1.29 is 30.8 Å². The molecule has 252 valence electrons. The molecular weight excluding hydrogens is 706 g/mol. The topological polar surface area (TPSA) is 103 Å². The molecule has 0 saturated heterocycles. The van der Waals surface area contributed by atoms with E-state index in [0.29, 0.717) is 32.5 Å². The summed E-state index contributed by atoms with van der Waals surface area (Å²) in [6.45, 7) is 10.5. The van der Waals surface area contributed by atoms with Gasteiger partial charge in [0.05, 0.1) is 23.6 Å². The number of nitrogens with zero attached hydrogens (tertiary/aromatic N) is 1. The lowest BCUT2D eigenvalue weighted by Crippen LogP contribution is -2.43. The van der Waals surface area contributed by atoms with Crippen molar-refractivity contribution in [2.45, 2.75) is 76.6 Å². The Labute approximate surface area is 284 Å². The molecule has 1 saturated carbocycles. The van der Waals surface area contributed by atoms with E-state index in [2.05, 4.69) is 49.8 Å². The van der Waals surface area contributed by atoms with Crippen molar-refractivity contribution >= 4 is 56.8 Å². The van der Waals surface area contributed by atoms with E-state index in [9.17, 15) is 17.6 Å². The largest absolute Gasteiger partial charge is 0.460 e. The van der Waals surface area contributed by atoms with Crippen molar-refractivity contribution in [3.8, 4) is 0 Å². The number of primary amides is 1. The molecule has 1 amide bonds. The highest BCUT2D eigenvalue weighted by Gasteiger charge is 2.41. The lowest BCUT2D eigenvalue weighted by atomic mass is 10.00. The highest BCUT2D eigenvalue weighted by Crippen LogP contribution is 2.48. The number of hydrogen-bond donors (Lipinski definition) is 1. The Morgan fingerprint density at radius 2 is 1.79 bits per heavy atom. The fourth-order valence-electron chi connectivity index (χ4n) is 5.63. The van der Waals surface area contributed by atoms with Crippen molar-refractivity contribution in [3.63, 3.8) is 0 Å². The van der Waals surface area contributed by atoms with Crippen LogP contribution in [-0.4, -0.2) is 35.4 Å². The maximum Gasteiger partial charge on any atom is 0.252 e. The van der Waals surface area contributed by atoms with E-state index < -0.39 is 36.2 Å². The predicted octanol–water partition coefficient (Wildman–Crippen LogP) is 8.96. The van der Waals surface area contributed by atoms with Crippen LogP contribution >= 0.6 is 15.9 Å². The van der Waals surface area contributed by atoms with Gasteiger partial charge in [0.2, 0.25) is 10.0 Å². The third kappa shape index (κ3) is 7.66. The van der Waals surface area contributed by atoms with Crippen LogP contribution in [0.5, 0.6) is 0 Å². The van der Waals surface area contributed by atoms with E-state index in [4.69, 9.17) is 14.6 Å². The van der Waals surface area contributed by atoms with E-state index in [1.807, 2.05) is 6.07 Å². The third-order valence-electron chi connectivity index (χ3n) is 9.28. The van der Waals surface area contributed by atoms with E-state index >= 15 is 4.39 Å². The van der Waals surface area contributed by atoms with Gasteiger partial charge in [-0.1, -0.05) is 54.9 Å². The molecule has 5 rings (SSSR count). The number of furan rings is 1. The number of anilines is 1. The quantitative estimate of drug-likeness (QED) is 0.146. The number of hydrogen-bond acceptors (Lipinski definition) is 5. The monoisotopic (exact) mass is 746 g/mol. The predicted molar refractivity (Wildman–Crippen MR) is 188 cm³/mol. The molecule has 0 radical (unpaired) electrons. The van der Waals surface area contributed by atoms with Gasteiger partial charge in [-0.25, -0.2) is 17.2 Å².